The normalized spacial score (nSPS) is 12.9. The lowest BCUT2D eigenvalue weighted by atomic mass is 10.0. The molecule has 9 rings (SSSR count). The van der Waals surface area contributed by atoms with E-state index in [1.165, 1.54) is 71.3 Å². The first-order chi connectivity index (χ1) is 19.4. The molecule has 0 amide bonds. The molecule has 0 radical (unpaired) electrons. The molecule has 3 heteroatoms. The van der Waals surface area contributed by atoms with Gasteiger partial charge in [-0.25, -0.2) is 0 Å². The maximum absolute atomic E-state index is 4.65. The van der Waals surface area contributed by atoms with Crippen molar-refractivity contribution >= 4 is 66.3 Å². The van der Waals surface area contributed by atoms with Crippen molar-refractivity contribution in [2.24, 2.45) is 4.99 Å². The van der Waals surface area contributed by atoms with Gasteiger partial charge in [0, 0.05) is 45.4 Å². The summed E-state index contributed by atoms with van der Waals surface area (Å²) in [5.41, 5.74) is 9.66. The molecule has 0 fully saturated rings. The van der Waals surface area contributed by atoms with E-state index in [9.17, 15) is 0 Å². The van der Waals surface area contributed by atoms with Gasteiger partial charge in [-0.3, -0.25) is 4.99 Å². The summed E-state index contributed by atoms with van der Waals surface area (Å²) in [7, 11) is 0. The lowest BCUT2D eigenvalue weighted by Gasteiger charge is -2.12. The van der Waals surface area contributed by atoms with Crippen molar-refractivity contribution < 1.29 is 0 Å². The molecule has 0 atom stereocenters. The minimum absolute atomic E-state index is 0.859. The van der Waals surface area contributed by atoms with Crippen LogP contribution in [0.4, 0.5) is 5.69 Å². The van der Waals surface area contributed by atoms with E-state index in [4.69, 9.17) is 0 Å². The largest absolute Gasteiger partial charge is 0.309 e. The Balaban J connectivity index is 1.55. The summed E-state index contributed by atoms with van der Waals surface area (Å²) < 4.78 is 4.91. The summed E-state index contributed by atoms with van der Waals surface area (Å²) in [5, 5.41) is 7.68. The number of para-hydroxylation sites is 2. The summed E-state index contributed by atoms with van der Waals surface area (Å²) in [5.74, 6) is 0. The molecule has 6 aromatic carbocycles. The van der Waals surface area contributed by atoms with Gasteiger partial charge in [0.2, 0.25) is 0 Å². The quantitative estimate of drug-likeness (QED) is 0.227. The second-order valence-electron chi connectivity index (χ2n) is 10.4. The lowest BCUT2D eigenvalue weighted by molar-refractivity contribution is 1.14. The smallest absolute Gasteiger partial charge is 0.0682 e. The first-order valence-electron chi connectivity index (χ1n) is 13.5. The van der Waals surface area contributed by atoms with Gasteiger partial charge in [0.1, 0.15) is 0 Å². The fraction of sp³-hybridized carbons (Fsp3) is 0.0278. The van der Waals surface area contributed by atoms with Crippen molar-refractivity contribution in [3.05, 3.63) is 127 Å². The average molecular weight is 498 g/mol. The van der Waals surface area contributed by atoms with Gasteiger partial charge in [-0.05, 0) is 53.2 Å². The zero-order valence-electron chi connectivity index (χ0n) is 21.2. The van der Waals surface area contributed by atoms with Crippen molar-refractivity contribution in [1.82, 2.24) is 9.13 Å². The van der Waals surface area contributed by atoms with E-state index in [0.717, 1.165) is 12.1 Å². The Morgan fingerprint density at radius 3 is 2.21 bits per heavy atom. The molecule has 39 heavy (non-hydrogen) atoms. The molecular formula is C36H23N3. The lowest BCUT2D eigenvalue weighted by Crippen LogP contribution is -1.98. The predicted octanol–water partition coefficient (Wildman–Crippen LogP) is 9.29. The Morgan fingerprint density at radius 2 is 1.28 bits per heavy atom. The fourth-order valence-electron chi connectivity index (χ4n) is 6.77. The molecule has 0 N–H and O–H groups in total. The highest BCUT2D eigenvalue weighted by Crippen LogP contribution is 2.44. The Labute approximate surface area is 224 Å². The van der Waals surface area contributed by atoms with E-state index < -0.39 is 0 Å². The van der Waals surface area contributed by atoms with Gasteiger partial charge >= 0.3 is 0 Å². The van der Waals surface area contributed by atoms with Crippen molar-refractivity contribution in [1.29, 1.82) is 0 Å². The van der Waals surface area contributed by atoms with E-state index in [0.29, 0.717) is 0 Å². The van der Waals surface area contributed by atoms with Crippen LogP contribution in [0.2, 0.25) is 0 Å². The van der Waals surface area contributed by atoms with Crippen LogP contribution < -0.4 is 0 Å². The Hall–Kier alpha value is -5.15. The SMILES string of the molecule is C1=Nc2cccc(-n3c4ccccc4c4c3ccc3c5c6ccccc6ccc5n(-c5ccccc5)c34)c2C1. The van der Waals surface area contributed by atoms with Crippen molar-refractivity contribution in [3.8, 4) is 11.4 Å². The first kappa shape index (κ1) is 20.9. The number of hydrogen-bond donors (Lipinski definition) is 0. The molecule has 8 aromatic rings. The van der Waals surface area contributed by atoms with Gasteiger partial charge in [-0.2, -0.15) is 0 Å². The number of rotatable bonds is 2. The predicted molar refractivity (Wildman–Crippen MR) is 164 cm³/mol. The highest BCUT2D eigenvalue weighted by atomic mass is 15.0. The topological polar surface area (TPSA) is 22.2 Å². The number of hydrogen-bond acceptors (Lipinski definition) is 1. The number of benzene rings is 6. The summed E-state index contributed by atoms with van der Waals surface area (Å²) in [6.07, 6.45) is 2.89. The van der Waals surface area contributed by atoms with Crippen LogP contribution in [0.3, 0.4) is 0 Å². The van der Waals surface area contributed by atoms with Gasteiger partial charge in [-0.1, -0.05) is 78.9 Å². The Morgan fingerprint density at radius 1 is 0.513 bits per heavy atom. The van der Waals surface area contributed by atoms with Gasteiger partial charge in [0.05, 0.1) is 33.4 Å². The van der Waals surface area contributed by atoms with E-state index in [2.05, 4.69) is 135 Å². The van der Waals surface area contributed by atoms with Crippen LogP contribution in [0.5, 0.6) is 0 Å². The van der Waals surface area contributed by atoms with Crippen LogP contribution >= 0.6 is 0 Å². The molecule has 3 nitrogen and oxygen atoms in total. The van der Waals surface area contributed by atoms with Crippen LogP contribution in [-0.2, 0) is 6.42 Å². The Kier molecular flexibility index (Phi) is 4.11. The maximum Gasteiger partial charge on any atom is 0.0682 e. The molecule has 0 saturated carbocycles. The number of aromatic nitrogens is 2. The Bertz CT molecular complexity index is 2300. The zero-order chi connectivity index (χ0) is 25.5. The molecule has 0 spiro atoms. The van der Waals surface area contributed by atoms with E-state index >= 15 is 0 Å². The summed E-state index contributed by atoms with van der Waals surface area (Å²) in [6, 6.07) is 44.0. The van der Waals surface area contributed by atoms with Crippen molar-refractivity contribution in [2.75, 3.05) is 0 Å². The highest BCUT2D eigenvalue weighted by molar-refractivity contribution is 6.30. The van der Waals surface area contributed by atoms with E-state index in [-0.39, 0.29) is 0 Å². The molecule has 0 aliphatic carbocycles. The third-order valence-electron chi connectivity index (χ3n) is 8.36. The summed E-state index contributed by atoms with van der Waals surface area (Å²) in [6.45, 7) is 0. The molecular weight excluding hydrogens is 474 g/mol. The standard InChI is InChI=1S/C36H23N3/c1-2-10-24(11-3-1)38-32-19-17-23-9-4-5-12-25(23)34(32)28-18-20-33-35(36(28)38)27-13-6-7-15-31(27)39(33)30-16-8-14-29-26(30)21-22-37-29/h1-20,22H,21H2. The van der Waals surface area contributed by atoms with Gasteiger partial charge < -0.3 is 9.13 Å². The molecule has 1 aliphatic rings. The van der Waals surface area contributed by atoms with Crippen LogP contribution in [0.25, 0.3) is 65.8 Å². The number of aliphatic imine (C=N–C) groups is 1. The molecule has 0 unspecified atom stereocenters. The monoisotopic (exact) mass is 497 g/mol. The zero-order valence-corrected chi connectivity index (χ0v) is 21.2. The third kappa shape index (κ3) is 2.74. The van der Waals surface area contributed by atoms with Gasteiger partial charge in [0.15, 0.2) is 0 Å². The summed E-state index contributed by atoms with van der Waals surface area (Å²) >= 11 is 0. The van der Waals surface area contributed by atoms with Crippen LogP contribution in [0.1, 0.15) is 5.56 Å². The van der Waals surface area contributed by atoms with E-state index in [1.807, 2.05) is 6.21 Å². The van der Waals surface area contributed by atoms with Crippen molar-refractivity contribution in [3.63, 3.8) is 0 Å². The van der Waals surface area contributed by atoms with E-state index in [1.54, 1.807) is 0 Å². The minimum Gasteiger partial charge on any atom is -0.309 e. The molecule has 0 saturated heterocycles. The highest BCUT2D eigenvalue weighted by Gasteiger charge is 2.23. The molecule has 182 valence electrons. The van der Waals surface area contributed by atoms with Gasteiger partial charge in [-0.15, -0.1) is 0 Å². The minimum atomic E-state index is 0.859. The summed E-state index contributed by atoms with van der Waals surface area (Å²) in [4.78, 5) is 4.65. The molecule has 0 bridgehead atoms. The molecule has 3 heterocycles. The van der Waals surface area contributed by atoms with Crippen molar-refractivity contribution in [2.45, 2.75) is 6.42 Å². The van der Waals surface area contributed by atoms with Crippen LogP contribution in [0.15, 0.2) is 126 Å². The van der Waals surface area contributed by atoms with Crippen LogP contribution in [0, 0.1) is 0 Å². The number of fused-ring (bicyclic) bond motifs is 10. The second-order valence-corrected chi connectivity index (χ2v) is 10.4. The molecule has 2 aromatic heterocycles. The fourth-order valence-corrected chi connectivity index (χ4v) is 6.77. The van der Waals surface area contributed by atoms with Crippen LogP contribution in [-0.4, -0.2) is 15.3 Å². The third-order valence-corrected chi connectivity index (χ3v) is 8.36. The maximum atomic E-state index is 4.65. The number of nitrogens with zero attached hydrogens (tertiary/aromatic N) is 3. The average Bonchev–Trinajstić information content (AvgIpc) is 3.70. The second kappa shape index (κ2) is 7.68. The van der Waals surface area contributed by atoms with Gasteiger partial charge in [0.25, 0.3) is 0 Å². The first-order valence-corrected chi connectivity index (χ1v) is 13.5. The molecule has 1 aliphatic heterocycles.